The van der Waals surface area contributed by atoms with Gasteiger partial charge in [0.1, 0.15) is 28.0 Å². The van der Waals surface area contributed by atoms with Gasteiger partial charge >= 0.3 is 0 Å². The zero-order chi connectivity index (χ0) is 28.1. The van der Waals surface area contributed by atoms with Crippen LogP contribution in [0.5, 0.6) is 0 Å². The molecule has 0 unspecified atom stereocenters. The van der Waals surface area contributed by atoms with Gasteiger partial charge in [-0.05, 0) is 53.2 Å². The second-order valence-electron chi connectivity index (χ2n) is 11.0. The minimum absolute atomic E-state index is 0.499. The van der Waals surface area contributed by atoms with E-state index >= 15 is 0 Å². The van der Waals surface area contributed by atoms with E-state index in [2.05, 4.69) is 89.5 Å². The fraction of sp³-hybridized carbons (Fsp3) is 0. The van der Waals surface area contributed by atoms with Crippen LogP contribution in [0, 0.1) is 0 Å². The molecule has 4 aromatic heterocycles. The van der Waals surface area contributed by atoms with E-state index in [0.717, 1.165) is 66.2 Å². The fourth-order valence-electron chi connectivity index (χ4n) is 6.67. The summed E-state index contributed by atoms with van der Waals surface area (Å²) in [7, 11) is 0. The van der Waals surface area contributed by atoms with Crippen LogP contribution in [-0.2, 0) is 0 Å². The number of hydrogen-bond donors (Lipinski definition) is 0. The van der Waals surface area contributed by atoms with Gasteiger partial charge in [-0.2, -0.15) is 0 Å². The minimum Gasteiger partial charge on any atom is -0.455 e. The largest absolute Gasteiger partial charge is 0.455 e. The Morgan fingerprint density at radius 3 is 2.02 bits per heavy atom. The topological polar surface area (TPSA) is 57.0 Å². The summed E-state index contributed by atoms with van der Waals surface area (Å²) in [6.07, 6.45) is 0. The summed E-state index contributed by atoms with van der Waals surface area (Å²) in [5, 5.41) is 7.75. The molecule has 0 radical (unpaired) electrons. The average Bonchev–Trinajstić information content (AvgIpc) is 3.72. The number of furan rings is 2. The van der Waals surface area contributed by atoms with Crippen LogP contribution in [0.2, 0.25) is 0 Å². The highest BCUT2D eigenvalue weighted by Crippen LogP contribution is 2.41. The third kappa shape index (κ3) is 3.11. The summed E-state index contributed by atoms with van der Waals surface area (Å²) in [6, 6.07) is 43.9. The Labute approximate surface area is 244 Å². The van der Waals surface area contributed by atoms with Crippen LogP contribution in [-0.4, -0.2) is 14.5 Å². The lowest BCUT2D eigenvalue weighted by Gasteiger charge is -2.13. The molecule has 0 saturated carbocycles. The molecule has 0 atom stereocenters. The van der Waals surface area contributed by atoms with Gasteiger partial charge in [-0.1, -0.05) is 84.9 Å². The minimum atomic E-state index is 0.499. The van der Waals surface area contributed by atoms with Crippen molar-refractivity contribution in [3.05, 3.63) is 127 Å². The molecule has 6 aromatic carbocycles. The van der Waals surface area contributed by atoms with Gasteiger partial charge in [-0.15, -0.1) is 0 Å². The van der Waals surface area contributed by atoms with Gasteiger partial charge in [0.15, 0.2) is 5.82 Å². The number of hydrogen-bond acceptors (Lipinski definition) is 4. The summed E-state index contributed by atoms with van der Waals surface area (Å²) >= 11 is 0. The predicted molar refractivity (Wildman–Crippen MR) is 174 cm³/mol. The monoisotopic (exact) mass is 551 g/mol. The first-order chi connectivity index (χ1) is 21.3. The van der Waals surface area contributed by atoms with Crippen LogP contribution in [0.4, 0.5) is 0 Å². The summed E-state index contributed by atoms with van der Waals surface area (Å²) in [6.45, 7) is 0. The zero-order valence-corrected chi connectivity index (χ0v) is 22.8. The number of fused-ring (bicyclic) bond motifs is 10. The SMILES string of the molecule is c1ccc2cc3c(cc2c1)c1ccccc1n3-c1nc2c(nc1-c1cccc3c1oc1ccccc13)oc1ccccc12. The number of rotatable bonds is 2. The number of para-hydroxylation sites is 4. The van der Waals surface area contributed by atoms with Gasteiger partial charge in [0.05, 0.1) is 11.0 Å². The van der Waals surface area contributed by atoms with Crippen molar-refractivity contribution in [3.8, 4) is 17.1 Å². The summed E-state index contributed by atoms with van der Waals surface area (Å²) in [5.41, 5.74) is 7.31. The first-order valence-corrected chi connectivity index (χ1v) is 14.3. The van der Waals surface area contributed by atoms with Gasteiger partial charge in [0.25, 0.3) is 0 Å². The summed E-state index contributed by atoms with van der Waals surface area (Å²) in [4.78, 5) is 10.6. The van der Waals surface area contributed by atoms with E-state index in [0.29, 0.717) is 11.4 Å². The molecule has 0 aliphatic carbocycles. The molecule has 4 heterocycles. The van der Waals surface area contributed by atoms with Gasteiger partial charge < -0.3 is 8.83 Å². The fourth-order valence-corrected chi connectivity index (χ4v) is 6.67. The molecule has 0 saturated heterocycles. The maximum atomic E-state index is 6.51. The molecule has 0 aliphatic heterocycles. The van der Waals surface area contributed by atoms with Crippen molar-refractivity contribution in [3.63, 3.8) is 0 Å². The lowest BCUT2D eigenvalue weighted by molar-refractivity contribution is 0.652. The van der Waals surface area contributed by atoms with E-state index < -0.39 is 0 Å². The summed E-state index contributed by atoms with van der Waals surface area (Å²) < 4.78 is 15.0. The first-order valence-electron chi connectivity index (χ1n) is 14.3. The number of benzene rings is 6. The van der Waals surface area contributed by atoms with Crippen molar-refractivity contribution < 1.29 is 8.83 Å². The maximum absolute atomic E-state index is 6.51. The van der Waals surface area contributed by atoms with Crippen molar-refractivity contribution in [2.24, 2.45) is 0 Å². The molecule has 0 bridgehead atoms. The normalized spacial score (nSPS) is 12.2. The average molecular weight is 552 g/mol. The van der Waals surface area contributed by atoms with Crippen molar-refractivity contribution in [2.75, 3.05) is 0 Å². The van der Waals surface area contributed by atoms with Gasteiger partial charge in [0.2, 0.25) is 5.71 Å². The number of nitrogens with zero attached hydrogens (tertiary/aromatic N) is 3. The zero-order valence-electron chi connectivity index (χ0n) is 22.8. The van der Waals surface area contributed by atoms with Crippen LogP contribution in [0.1, 0.15) is 0 Å². The second kappa shape index (κ2) is 8.30. The molecule has 0 amide bonds. The Hall–Kier alpha value is -5.94. The molecule has 0 fully saturated rings. The van der Waals surface area contributed by atoms with Crippen molar-refractivity contribution >= 4 is 76.7 Å². The molecular formula is C38H21N3O2. The van der Waals surface area contributed by atoms with Crippen molar-refractivity contribution in [2.45, 2.75) is 0 Å². The predicted octanol–water partition coefficient (Wildman–Crippen LogP) is 10.2. The van der Waals surface area contributed by atoms with Gasteiger partial charge in [-0.25, -0.2) is 9.97 Å². The maximum Gasteiger partial charge on any atom is 0.247 e. The molecule has 0 spiro atoms. The van der Waals surface area contributed by atoms with Crippen LogP contribution in [0.15, 0.2) is 136 Å². The lowest BCUT2D eigenvalue weighted by Crippen LogP contribution is -2.03. The van der Waals surface area contributed by atoms with Crippen molar-refractivity contribution in [1.29, 1.82) is 0 Å². The Balaban J connectivity index is 1.41. The van der Waals surface area contributed by atoms with E-state index in [1.54, 1.807) is 0 Å². The third-order valence-corrected chi connectivity index (χ3v) is 8.61. The van der Waals surface area contributed by atoms with E-state index in [1.165, 1.54) is 16.2 Å². The molecule has 5 nitrogen and oxygen atoms in total. The quantitative estimate of drug-likeness (QED) is 0.214. The van der Waals surface area contributed by atoms with E-state index in [-0.39, 0.29) is 0 Å². The molecule has 43 heavy (non-hydrogen) atoms. The lowest BCUT2D eigenvalue weighted by atomic mass is 10.1. The smallest absolute Gasteiger partial charge is 0.247 e. The molecule has 10 rings (SSSR count). The van der Waals surface area contributed by atoms with Crippen molar-refractivity contribution in [1.82, 2.24) is 14.5 Å². The van der Waals surface area contributed by atoms with Crippen LogP contribution in [0.3, 0.4) is 0 Å². The highest BCUT2D eigenvalue weighted by Gasteiger charge is 2.24. The van der Waals surface area contributed by atoms with Gasteiger partial charge in [-0.3, -0.25) is 4.57 Å². The van der Waals surface area contributed by atoms with Gasteiger partial charge in [0, 0.05) is 32.5 Å². The Bertz CT molecular complexity index is 2750. The third-order valence-electron chi connectivity index (χ3n) is 8.61. The standard InChI is InChI=1S/C38H21N3O2/c1-2-11-23-21-31-29(20-22(23)10-1)24-12-3-6-17-30(24)41(31)37-34(40-38-35(39-37)27-14-5-8-19-33(27)43-38)28-16-9-15-26-25-13-4-7-18-32(25)42-36(26)28/h1-21H. The summed E-state index contributed by atoms with van der Waals surface area (Å²) in [5.74, 6) is 0.730. The molecule has 200 valence electrons. The highest BCUT2D eigenvalue weighted by molar-refractivity contribution is 6.15. The Kier molecular flexibility index (Phi) is 4.39. The van der Waals surface area contributed by atoms with Crippen LogP contribution in [0.25, 0.3) is 93.8 Å². The second-order valence-corrected chi connectivity index (χ2v) is 11.0. The molecule has 5 heteroatoms. The molecule has 0 N–H and O–H groups in total. The molecule has 0 aliphatic rings. The number of aromatic nitrogens is 3. The highest BCUT2D eigenvalue weighted by atomic mass is 16.3. The van der Waals surface area contributed by atoms with E-state index in [4.69, 9.17) is 18.8 Å². The Morgan fingerprint density at radius 1 is 0.488 bits per heavy atom. The van der Waals surface area contributed by atoms with E-state index in [9.17, 15) is 0 Å². The Morgan fingerprint density at radius 2 is 1.16 bits per heavy atom. The molecule has 10 aromatic rings. The first kappa shape index (κ1) is 22.7. The van der Waals surface area contributed by atoms with Crippen LogP contribution >= 0.6 is 0 Å². The van der Waals surface area contributed by atoms with Crippen LogP contribution < -0.4 is 0 Å². The van der Waals surface area contributed by atoms with E-state index in [1.807, 2.05) is 42.5 Å². The molecular weight excluding hydrogens is 530 g/mol.